The molecule has 0 aromatic heterocycles. The highest BCUT2D eigenvalue weighted by atomic mass is 79.9. The minimum Gasteiger partial charge on any atom is -0.319 e. The summed E-state index contributed by atoms with van der Waals surface area (Å²) in [6.07, 6.45) is -2.51. The third-order valence-electron chi connectivity index (χ3n) is 1.53. The van der Waals surface area contributed by atoms with Gasteiger partial charge in [-0.15, -0.1) is 12.4 Å². The standard InChI is InChI=1S/C8H8BrF2N.ClH/c9-6-3-1-5(2-4-6)7(12)8(10)11;/h1-4,7-8H,12H2;1H. The summed E-state index contributed by atoms with van der Waals surface area (Å²) in [6.45, 7) is 0. The molecule has 0 saturated carbocycles. The lowest BCUT2D eigenvalue weighted by molar-refractivity contribution is 0.116. The monoisotopic (exact) mass is 271 g/mol. The van der Waals surface area contributed by atoms with Crippen molar-refractivity contribution in [3.8, 4) is 0 Å². The molecule has 0 heterocycles. The molecule has 0 spiro atoms. The molecule has 0 amide bonds. The quantitative estimate of drug-likeness (QED) is 0.879. The second-order valence-corrected chi connectivity index (χ2v) is 3.33. The zero-order chi connectivity index (χ0) is 9.14. The molecule has 0 saturated heterocycles. The maximum Gasteiger partial charge on any atom is 0.257 e. The summed E-state index contributed by atoms with van der Waals surface area (Å²) in [5.41, 5.74) is 5.67. The highest BCUT2D eigenvalue weighted by Gasteiger charge is 2.16. The first-order valence-electron chi connectivity index (χ1n) is 3.40. The van der Waals surface area contributed by atoms with Gasteiger partial charge in [-0.1, -0.05) is 28.1 Å². The van der Waals surface area contributed by atoms with Gasteiger partial charge in [-0.25, -0.2) is 8.78 Å². The summed E-state index contributed by atoms with van der Waals surface area (Å²) in [4.78, 5) is 0. The van der Waals surface area contributed by atoms with Gasteiger partial charge >= 0.3 is 0 Å². The molecule has 2 N–H and O–H groups in total. The molecule has 0 radical (unpaired) electrons. The van der Waals surface area contributed by atoms with Crippen LogP contribution < -0.4 is 5.73 Å². The van der Waals surface area contributed by atoms with Crippen LogP contribution >= 0.6 is 28.3 Å². The van der Waals surface area contributed by atoms with Crippen molar-refractivity contribution in [2.75, 3.05) is 0 Å². The smallest absolute Gasteiger partial charge is 0.257 e. The number of hydrogen-bond donors (Lipinski definition) is 1. The van der Waals surface area contributed by atoms with E-state index in [0.717, 1.165) is 4.47 Å². The second-order valence-electron chi connectivity index (χ2n) is 2.41. The van der Waals surface area contributed by atoms with Gasteiger partial charge in [0.05, 0.1) is 6.04 Å². The first kappa shape index (κ1) is 12.8. The fourth-order valence-electron chi connectivity index (χ4n) is 0.830. The predicted octanol–water partition coefficient (Wildman–Crippen LogP) is 3.14. The van der Waals surface area contributed by atoms with Crippen molar-refractivity contribution < 1.29 is 8.78 Å². The lowest BCUT2D eigenvalue weighted by Gasteiger charge is -2.09. The normalized spacial score (nSPS) is 12.4. The number of rotatable bonds is 2. The molecule has 1 unspecified atom stereocenters. The van der Waals surface area contributed by atoms with Crippen molar-refractivity contribution in [1.82, 2.24) is 0 Å². The van der Waals surface area contributed by atoms with Crippen LogP contribution in [0.2, 0.25) is 0 Å². The Labute approximate surface area is 89.9 Å². The summed E-state index contributed by atoms with van der Waals surface area (Å²) in [7, 11) is 0. The van der Waals surface area contributed by atoms with Crippen molar-refractivity contribution in [2.45, 2.75) is 12.5 Å². The van der Waals surface area contributed by atoms with E-state index < -0.39 is 12.5 Å². The maximum atomic E-state index is 12.1. The van der Waals surface area contributed by atoms with E-state index in [9.17, 15) is 8.78 Å². The van der Waals surface area contributed by atoms with Crippen LogP contribution in [0.4, 0.5) is 8.78 Å². The maximum absolute atomic E-state index is 12.1. The predicted molar refractivity (Wildman–Crippen MR) is 54.3 cm³/mol. The number of alkyl halides is 2. The zero-order valence-electron chi connectivity index (χ0n) is 6.58. The van der Waals surface area contributed by atoms with Gasteiger partial charge in [0.15, 0.2) is 0 Å². The molecule has 1 rings (SSSR count). The van der Waals surface area contributed by atoms with E-state index in [0.29, 0.717) is 5.56 Å². The highest BCUT2D eigenvalue weighted by Crippen LogP contribution is 2.19. The second kappa shape index (κ2) is 5.52. The van der Waals surface area contributed by atoms with Crippen LogP contribution in [0, 0.1) is 0 Å². The number of halogens is 4. The molecule has 0 aliphatic rings. The molecule has 0 aliphatic heterocycles. The lowest BCUT2D eigenvalue weighted by Crippen LogP contribution is -2.18. The highest BCUT2D eigenvalue weighted by molar-refractivity contribution is 9.10. The van der Waals surface area contributed by atoms with Gasteiger partial charge in [0.1, 0.15) is 0 Å². The molecule has 5 heteroatoms. The fourth-order valence-corrected chi connectivity index (χ4v) is 1.09. The Morgan fingerprint density at radius 1 is 1.15 bits per heavy atom. The van der Waals surface area contributed by atoms with E-state index in [4.69, 9.17) is 5.73 Å². The van der Waals surface area contributed by atoms with Crippen molar-refractivity contribution >= 4 is 28.3 Å². The zero-order valence-corrected chi connectivity index (χ0v) is 8.99. The van der Waals surface area contributed by atoms with Crippen LogP contribution in [-0.2, 0) is 0 Å². The van der Waals surface area contributed by atoms with Gasteiger partial charge < -0.3 is 5.73 Å². The average Bonchev–Trinajstić information content (AvgIpc) is 2.04. The van der Waals surface area contributed by atoms with E-state index in [1.165, 1.54) is 0 Å². The minimum atomic E-state index is -2.51. The van der Waals surface area contributed by atoms with Gasteiger partial charge in [-0.3, -0.25) is 0 Å². The number of nitrogens with two attached hydrogens (primary N) is 1. The molecule has 74 valence electrons. The largest absolute Gasteiger partial charge is 0.319 e. The lowest BCUT2D eigenvalue weighted by atomic mass is 10.1. The Morgan fingerprint density at radius 2 is 1.62 bits per heavy atom. The van der Waals surface area contributed by atoms with Crippen molar-refractivity contribution in [3.05, 3.63) is 34.3 Å². The van der Waals surface area contributed by atoms with Gasteiger partial charge in [-0.2, -0.15) is 0 Å². The Bertz CT molecular complexity index is 253. The van der Waals surface area contributed by atoms with Gasteiger partial charge in [-0.05, 0) is 17.7 Å². The molecule has 1 nitrogen and oxygen atoms in total. The topological polar surface area (TPSA) is 26.0 Å². The summed E-state index contributed by atoms with van der Waals surface area (Å²) >= 11 is 3.20. The molecule has 0 fully saturated rings. The molecular formula is C8H9BrClF2N. The Morgan fingerprint density at radius 3 is 2.00 bits per heavy atom. The SMILES string of the molecule is Cl.NC(c1ccc(Br)cc1)C(F)F. The van der Waals surface area contributed by atoms with Gasteiger partial charge in [0.2, 0.25) is 0 Å². The summed E-state index contributed by atoms with van der Waals surface area (Å²) in [6, 6.07) is 5.37. The van der Waals surface area contributed by atoms with Crippen molar-refractivity contribution in [2.24, 2.45) is 5.73 Å². The fraction of sp³-hybridized carbons (Fsp3) is 0.250. The van der Waals surface area contributed by atoms with Gasteiger partial charge in [0.25, 0.3) is 6.43 Å². The Balaban J connectivity index is 0.00000144. The van der Waals surface area contributed by atoms with Crippen LogP contribution in [0.25, 0.3) is 0 Å². The summed E-state index contributed by atoms with van der Waals surface area (Å²) < 4.78 is 25.0. The van der Waals surface area contributed by atoms with E-state index in [1.807, 2.05) is 0 Å². The first-order valence-corrected chi connectivity index (χ1v) is 4.20. The first-order chi connectivity index (χ1) is 5.61. The molecule has 0 aliphatic carbocycles. The molecule has 1 aromatic rings. The molecular weight excluding hydrogens is 263 g/mol. The summed E-state index contributed by atoms with van der Waals surface area (Å²) in [5.74, 6) is 0. The van der Waals surface area contributed by atoms with Crippen LogP contribution in [-0.4, -0.2) is 6.43 Å². The third kappa shape index (κ3) is 3.58. The summed E-state index contributed by atoms with van der Waals surface area (Å²) in [5, 5.41) is 0. The number of hydrogen-bond acceptors (Lipinski definition) is 1. The van der Waals surface area contributed by atoms with Crippen molar-refractivity contribution in [3.63, 3.8) is 0 Å². The molecule has 0 bridgehead atoms. The van der Waals surface area contributed by atoms with E-state index >= 15 is 0 Å². The van der Waals surface area contributed by atoms with E-state index in [2.05, 4.69) is 15.9 Å². The Kier molecular flexibility index (Phi) is 5.44. The van der Waals surface area contributed by atoms with Crippen molar-refractivity contribution in [1.29, 1.82) is 0 Å². The van der Waals surface area contributed by atoms with E-state index in [1.54, 1.807) is 24.3 Å². The van der Waals surface area contributed by atoms with Crippen LogP contribution in [0.3, 0.4) is 0 Å². The van der Waals surface area contributed by atoms with Crippen LogP contribution in [0.15, 0.2) is 28.7 Å². The molecule has 1 aromatic carbocycles. The van der Waals surface area contributed by atoms with Gasteiger partial charge in [0, 0.05) is 4.47 Å². The van der Waals surface area contributed by atoms with E-state index in [-0.39, 0.29) is 12.4 Å². The van der Waals surface area contributed by atoms with Crippen LogP contribution in [0.5, 0.6) is 0 Å². The van der Waals surface area contributed by atoms with Crippen LogP contribution in [0.1, 0.15) is 11.6 Å². The Hall–Kier alpha value is -0.190. The number of benzene rings is 1. The third-order valence-corrected chi connectivity index (χ3v) is 2.06. The minimum absolute atomic E-state index is 0. The molecule has 13 heavy (non-hydrogen) atoms. The average molecular weight is 273 g/mol. The molecule has 1 atom stereocenters.